The lowest BCUT2D eigenvalue weighted by Crippen LogP contribution is -3.27. The van der Waals surface area contributed by atoms with Gasteiger partial charge in [-0.1, -0.05) is 46.7 Å². The van der Waals surface area contributed by atoms with Gasteiger partial charge >= 0.3 is 6.28 Å². The van der Waals surface area contributed by atoms with Crippen LogP contribution in [0.15, 0.2) is 30.3 Å². The van der Waals surface area contributed by atoms with Gasteiger partial charge in [0.15, 0.2) is 52.4 Å². The van der Waals surface area contributed by atoms with Gasteiger partial charge in [-0.15, -0.1) is 0 Å². The maximum absolute atomic E-state index is 15.5. The lowest BCUT2D eigenvalue weighted by molar-refractivity contribution is -0.784. The number of hydrogen-bond donors (Lipinski definition) is 1. The fourth-order valence-electron chi connectivity index (χ4n) is 5.25. The van der Waals surface area contributed by atoms with Crippen LogP contribution in [0.1, 0.15) is 5.56 Å². The standard InChI is InChI=1S/C26H11BF15N/c1-43(7-8-5-3-2-4-6-8)27(9-12(28)18(34)24(40)19(35)13(9)29,10-14(30)20(36)25(41)21(37)15(10)31)11-16(32)22(38)26(42)23(39)17(11)33/h2-6,43H,7H2,1H3. The molecule has 43 heavy (non-hydrogen) atoms. The average Bonchev–Trinajstić information content (AvgIpc) is 2.99. The zero-order valence-electron chi connectivity index (χ0n) is 20.8. The molecule has 0 saturated heterocycles. The number of benzene rings is 4. The Morgan fingerprint density at radius 2 is 0.628 bits per heavy atom. The van der Waals surface area contributed by atoms with E-state index in [1.807, 2.05) is 0 Å². The van der Waals surface area contributed by atoms with Crippen LogP contribution in [0.3, 0.4) is 0 Å². The fourth-order valence-corrected chi connectivity index (χ4v) is 5.25. The van der Waals surface area contributed by atoms with Gasteiger partial charge in [0.2, 0.25) is 0 Å². The maximum atomic E-state index is 15.5. The molecule has 1 N–H and O–H groups in total. The molecular weight excluding hydrogens is 622 g/mol. The Labute approximate surface area is 230 Å². The van der Waals surface area contributed by atoms with E-state index in [1.165, 1.54) is 18.2 Å². The molecule has 1 unspecified atom stereocenters. The largest absolute Gasteiger partial charge is 0.513 e. The van der Waals surface area contributed by atoms with Gasteiger partial charge in [-0.3, -0.25) is 0 Å². The van der Waals surface area contributed by atoms with E-state index in [0.717, 1.165) is 12.1 Å². The Morgan fingerprint density at radius 3 is 0.884 bits per heavy atom. The van der Waals surface area contributed by atoms with Crippen LogP contribution in [0.5, 0.6) is 0 Å². The highest BCUT2D eigenvalue weighted by Crippen LogP contribution is 2.26. The van der Waals surface area contributed by atoms with E-state index in [2.05, 4.69) is 0 Å². The van der Waals surface area contributed by atoms with Crippen LogP contribution in [0.4, 0.5) is 65.9 Å². The predicted molar refractivity (Wildman–Crippen MR) is 120 cm³/mol. The highest BCUT2D eigenvalue weighted by atomic mass is 19.2. The van der Waals surface area contributed by atoms with Crippen molar-refractivity contribution in [2.45, 2.75) is 6.54 Å². The van der Waals surface area contributed by atoms with Gasteiger partial charge < -0.3 is 4.81 Å². The smallest absolute Gasteiger partial charge is 0.307 e. The van der Waals surface area contributed by atoms with Crippen molar-refractivity contribution < 1.29 is 70.7 Å². The number of nitrogens with one attached hydrogen (secondary N) is 1. The van der Waals surface area contributed by atoms with E-state index in [1.54, 1.807) is 0 Å². The number of quaternary nitrogens is 1. The van der Waals surface area contributed by atoms with Crippen LogP contribution < -0.4 is 21.2 Å². The maximum Gasteiger partial charge on any atom is 0.307 e. The van der Waals surface area contributed by atoms with Gasteiger partial charge in [0.25, 0.3) is 0 Å². The Hall–Kier alpha value is -4.15. The Kier molecular flexibility index (Phi) is 8.25. The van der Waals surface area contributed by atoms with Crippen molar-refractivity contribution in [1.82, 2.24) is 0 Å². The first-order chi connectivity index (χ1) is 20.0. The van der Waals surface area contributed by atoms with Crippen LogP contribution in [-0.4, -0.2) is 13.3 Å². The van der Waals surface area contributed by atoms with E-state index in [4.69, 9.17) is 0 Å². The van der Waals surface area contributed by atoms with Gasteiger partial charge in [0.1, 0.15) is 34.9 Å². The molecule has 1 nitrogen and oxygen atoms in total. The van der Waals surface area contributed by atoms with Crippen molar-refractivity contribution in [1.29, 1.82) is 0 Å². The molecule has 0 aliphatic rings. The molecule has 0 saturated carbocycles. The molecular formula is C26H11BF15N. The third-order valence-electron chi connectivity index (χ3n) is 7.10. The molecule has 0 bridgehead atoms. The van der Waals surface area contributed by atoms with Crippen LogP contribution in [0.2, 0.25) is 0 Å². The summed E-state index contributed by atoms with van der Waals surface area (Å²) >= 11 is 0. The summed E-state index contributed by atoms with van der Waals surface area (Å²) in [7, 11) is 0.473. The van der Waals surface area contributed by atoms with Gasteiger partial charge in [-0.25, -0.2) is 65.9 Å². The van der Waals surface area contributed by atoms with Crippen LogP contribution in [-0.2, 0) is 6.54 Å². The van der Waals surface area contributed by atoms with E-state index in [9.17, 15) is 39.5 Å². The molecule has 0 spiro atoms. The van der Waals surface area contributed by atoms with Crippen LogP contribution in [0.25, 0.3) is 0 Å². The highest BCUT2D eigenvalue weighted by Gasteiger charge is 2.55. The zero-order chi connectivity index (χ0) is 32.3. The zero-order valence-corrected chi connectivity index (χ0v) is 20.8. The van der Waals surface area contributed by atoms with E-state index in [-0.39, 0.29) is 5.56 Å². The summed E-state index contributed by atoms with van der Waals surface area (Å²) < 4.78 is 223. The summed E-state index contributed by atoms with van der Waals surface area (Å²) in [5.41, 5.74) is -8.06. The lowest BCUT2D eigenvalue weighted by atomic mass is 9.22. The monoisotopic (exact) mass is 633 g/mol. The SMILES string of the molecule is C[NH+](Cc1ccccc1)[B-](c1c(F)c(F)c(F)c(F)c1F)(c1c(F)c(F)c(F)c(F)c1F)c1c(F)c(F)c(F)c(F)c1F. The van der Waals surface area contributed by atoms with E-state index in [0.29, 0.717) is 7.05 Å². The second-order valence-corrected chi connectivity index (χ2v) is 9.33. The Balaban J connectivity index is 2.45. The highest BCUT2D eigenvalue weighted by molar-refractivity contribution is 7.05. The molecule has 0 radical (unpaired) electrons. The normalized spacial score (nSPS) is 12.7. The van der Waals surface area contributed by atoms with Gasteiger partial charge in [0, 0.05) is 12.6 Å². The molecule has 17 heteroatoms. The minimum atomic E-state index is -5.69. The molecule has 1 atom stereocenters. The molecule has 0 fully saturated rings. The summed E-state index contributed by atoms with van der Waals surface area (Å²) in [6, 6.07) is 6.09. The molecule has 4 rings (SSSR count). The van der Waals surface area contributed by atoms with Crippen molar-refractivity contribution in [3.63, 3.8) is 0 Å². The third-order valence-corrected chi connectivity index (χ3v) is 7.10. The molecule has 228 valence electrons. The van der Waals surface area contributed by atoms with Crippen LogP contribution in [0, 0.1) is 87.3 Å². The Bertz CT molecular complexity index is 1520. The van der Waals surface area contributed by atoms with Crippen molar-refractivity contribution in [3.8, 4) is 0 Å². The minimum Gasteiger partial charge on any atom is -0.513 e. The van der Waals surface area contributed by atoms with Gasteiger partial charge in [-0.05, 0) is 0 Å². The number of rotatable bonds is 6. The second-order valence-electron chi connectivity index (χ2n) is 9.33. The molecule has 0 aromatic heterocycles. The lowest BCUT2D eigenvalue weighted by Gasteiger charge is -2.47. The molecule has 0 amide bonds. The molecule has 4 aromatic rings. The molecule has 0 aliphatic heterocycles. The van der Waals surface area contributed by atoms with Crippen molar-refractivity contribution in [2.75, 3.05) is 7.05 Å². The molecule has 4 aromatic carbocycles. The van der Waals surface area contributed by atoms with Gasteiger partial charge in [0.05, 0.1) is 6.54 Å². The predicted octanol–water partition coefficient (Wildman–Crippen LogP) is 4.45. The topological polar surface area (TPSA) is 4.44 Å². The van der Waals surface area contributed by atoms with Crippen molar-refractivity contribution >= 4 is 22.7 Å². The first-order valence-electron chi connectivity index (χ1n) is 11.6. The quantitative estimate of drug-likeness (QED) is 0.139. The number of halogens is 15. The summed E-state index contributed by atoms with van der Waals surface area (Å²) in [6.07, 6.45) is -5.69. The summed E-state index contributed by atoms with van der Waals surface area (Å²) in [5.74, 6) is -45.3. The first kappa shape index (κ1) is 31.8. The summed E-state index contributed by atoms with van der Waals surface area (Å²) in [4.78, 5) is -1.25. The first-order valence-corrected chi connectivity index (χ1v) is 11.6. The average molecular weight is 633 g/mol. The van der Waals surface area contributed by atoms with E-state index < -0.39 is 121 Å². The van der Waals surface area contributed by atoms with Crippen LogP contribution >= 0.6 is 0 Å². The van der Waals surface area contributed by atoms with Crippen molar-refractivity contribution in [2.24, 2.45) is 0 Å². The van der Waals surface area contributed by atoms with E-state index >= 15 is 26.3 Å². The Morgan fingerprint density at radius 1 is 0.395 bits per heavy atom. The third kappa shape index (κ3) is 4.51. The molecule has 0 aliphatic carbocycles. The van der Waals surface area contributed by atoms with Gasteiger partial charge in [-0.2, -0.15) is 0 Å². The summed E-state index contributed by atoms with van der Waals surface area (Å²) in [5, 5.41) is 0. The number of hydrogen-bond acceptors (Lipinski definition) is 0. The summed E-state index contributed by atoms with van der Waals surface area (Å²) in [6.45, 7) is -1.07. The van der Waals surface area contributed by atoms with Crippen molar-refractivity contribution in [3.05, 3.63) is 123 Å². The molecule has 0 heterocycles. The minimum absolute atomic E-state index is 0.136. The fraction of sp³-hybridized carbons (Fsp3) is 0.0769. The second kappa shape index (κ2) is 11.2.